The molecule has 3 rings (SSSR count). The minimum atomic E-state index is -0.762. The lowest BCUT2D eigenvalue weighted by molar-refractivity contribution is 0.229. The Balaban J connectivity index is 2.04. The van der Waals surface area contributed by atoms with Crippen molar-refractivity contribution in [2.24, 2.45) is 5.73 Å². The summed E-state index contributed by atoms with van der Waals surface area (Å²) in [6.07, 6.45) is 2.48. The van der Waals surface area contributed by atoms with Gasteiger partial charge in [-0.1, -0.05) is 21.1 Å². The van der Waals surface area contributed by atoms with E-state index >= 15 is 0 Å². The summed E-state index contributed by atoms with van der Waals surface area (Å²) in [5.41, 5.74) is 5.09. The standard InChI is InChI=1S/C12H10BrF2N3O/c13-6-4-7(14)9(8(15)5-6)10-17-11(18-19-10)12(16)2-1-3-12/h4-5H,1-3,16H2. The smallest absolute Gasteiger partial charge is 0.263 e. The second-order valence-electron chi connectivity index (χ2n) is 4.68. The number of nitrogens with two attached hydrogens (primary N) is 1. The molecule has 0 amide bonds. The van der Waals surface area contributed by atoms with Gasteiger partial charge in [0.25, 0.3) is 5.89 Å². The third-order valence-electron chi connectivity index (χ3n) is 3.34. The third kappa shape index (κ3) is 2.06. The van der Waals surface area contributed by atoms with E-state index in [1.54, 1.807) is 0 Å². The normalized spacial score (nSPS) is 17.3. The van der Waals surface area contributed by atoms with E-state index < -0.39 is 17.2 Å². The first-order valence-corrected chi connectivity index (χ1v) is 6.57. The molecule has 0 atom stereocenters. The zero-order valence-corrected chi connectivity index (χ0v) is 11.4. The Hall–Kier alpha value is -1.34. The summed E-state index contributed by atoms with van der Waals surface area (Å²) in [6, 6.07) is 2.29. The van der Waals surface area contributed by atoms with Crippen molar-refractivity contribution in [2.45, 2.75) is 24.8 Å². The van der Waals surface area contributed by atoms with E-state index in [-0.39, 0.29) is 11.5 Å². The topological polar surface area (TPSA) is 64.9 Å². The highest BCUT2D eigenvalue weighted by Crippen LogP contribution is 2.38. The van der Waals surface area contributed by atoms with Crippen LogP contribution in [0.5, 0.6) is 0 Å². The number of hydrogen-bond acceptors (Lipinski definition) is 4. The monoisotopic (exact) mass is 329 g/mol. The van der Waals surface area contributed by atoms with Gasteiger partial charge in [0.05, 0.1) is 5.54 Å². The van der Waals surface area contributed by atoms with Crippen LogP contribution in [-0.4, -0.2) is 10.1 Å². The fraction of sp³-hybridized carbons (Fsp3) is 0.333. The summed E-state index contributed by atoms with van der Waals surface area (Å²) < 4.78 is 32.8. The summed E-state index contributed by atoms with van der Waals surface area (Å²) >= 11 is 3.01. The van der Waals surface area contributed by atoms with Crippen LogP contribution in [0.25, 0.3) is 11.5 Å². The highest BCUT2D eigenvalue weighted by molar-refractivity contribution is 9.10. The van der Waals surface area contributed by atoms with Crippen LogP contribution >= 0.6 is 15.9 Å². The van der Waals surface area contributed by atoms with Crippen LogP contribution in [0.3, 0.4) is 0 Å². The quantitative estimate of drug-likeness (QED) is 0.919. The van der Waals surface area contributed by atoms with E-state index in [0.717, 1.165) is 31.4 Å². The SMILES string of the molecule is NC1(c2noc(-c3c(F)cc(Br)cc3F)n2)CCC1. The van der Waals surface area contributed by atoms with Crippen LogP contribution in [0.2, 0.25) is 0 Å². The van der Waals surface area contributed by atoms with Gasteiger partial charge in [-0.3, -0.25) is 0 Å². The lowest BCUT2D eigenvalue weighted by atomic mass is 9.77. The number of nitrogens with zero attached hydrogens (tertiary/aromatic N) is 2. The molecule has 1 aliphatic rings. The summed E-state index contributed by atoms with van der Waals surface area (Å²) in [5, 5.41) is 3.73. The van der Waals surface area contributed by atoms with Gasteiger partial charge < -0.3 is 10.3 Å². The molecule has 2 N–H and O–H groups in total. The number of benzene rings is 1. The van der Waals surface area contributed by atoms with Crippen molar-refractivity contribution in [1.82, 2.24) is 10.1 Å². The van der Waals surface area contributed by atoms with Crippen molar-refractivity contribution < 1.29 is 13.3 Å². The van der Waals surface area contributed by atoms with E-state index in [1.165, 1.54) is 0 Å². The van der Waals surface area contributed by atoms with Gasteiger partial charge in [-0.2, -0.15) is 4.98 Å². The molecule has 100 valence electrons. The van der Waals surface area contributed by atoms with E-state index in [4.69, 9.17) is 10.3 Å². The predicted molar refractivity (Wildman–Crippen MR) is 67.1 cm³/mol. The van der Waals surface area contributed by atoms with E-state index in [0.29, 0.717) is 10.3 Å². The first-order valence-electron chi connectivity index (χ1n) is 5.77. The van der Waals surface area contributed by atoms with Gasteiger partial charge in [0.2, 0.25) is 0 Å². The van der Waals surface area contributed by atoms with Crippen LogP contribution < -0.4 is 5.73 Å². The summed E-state index contributed by atoms with van der Waals surface area (Å²) in [4.78, 5) is 4.03. The fourth-order valence-corrected chi connectivity index (χ4v) is 2.46. The first kappa shape index (κ1) is 12.7. The van der Waals surface area contributed by atoms with Crippen molar-refractivity contribution in [3.63, 3.8) is 0 Å². The molecule has 0 saturated heterocycles. The fourth-order valence-electron chi connectivity index (χ4n) is 2.06. The molecule has 1 aromatic carbocycles. The van der Waals surface area contributed by atoms with E-state index in [9.17, 15) is 8.78 Å². The average molecular weight is 330 g/mol. The molecule has 0 bridgehead atoms. The summed E-state index contributed by atoms with van der Waals surface area (Å²) in [6.45, 7) is 0. The van der Waals surface area contributed by atoms with E-state index in [1.807, 2.05) is 0 Å². The van der Waals surface area contributed by atoms with Gasteiger partial charge in [0.15, 0.2) is 5.82 Å². The Morgan fingerprint density at radius 2 is 1.89 bits per heavy atom. The van der Waals surface area contributed by atoms with Crippen molar-refractivity contribution in [3.05, 3.63) is 34.1 Å². The second-order valence-corrected chi connectivity index (χ2v) is 5.59. The van der Waals surface area contributed by atoms with Gasteiger partial charge in [-0.05, 0) is 31.4 Å². The third-order valence-corrected chi connectivity index (χ3v) is 3.80. The number of rotatable bonds is 2. The van der Waals surface area contributed by atoms with Crippen molar-refractivity contribution in [1.29, 1.82) is 0 Å². The molecular formula is C12H10BrF2N3O. The lowest BCUT2D eigenvalue weighted by Crippen LogP contribution is -2.44. The van der Waals surface area contributed by atoms with Crippen LogP contribution in [0, 0.1) is 11.6 Å². The van der Waals surface area contributed by atoms with Crippen LogP contribution in [-0.2, 0) is 5.54 Å². The number of halogens is 3. The molecule has 0 radical (unpaired) electrons. The molecule has 4 nitrogen and oxygen atoms in total. The Morgan fingerprint density at radius 3 is 2.42 bits per heavy atom. The highest BCUT2D eigenvalue weighted by Gasteiger charge is 2.39. The molecule has 0 unspecified atom stereocenters. The molecule has 1 saturated carbocycles. The average Bonchev–Trinajstić information content (AvgIpc) is 2.74. The number of hydrogen-bond donors (Lipinski definition) is 1. The van der Waals surface area contributed by atoms with E-state index in [2.05, 4.69) is 26.1 Å². The number of aromatic nitrogens is 2. The molecule has 1 heterocycles. The zero-order chi connectivity index (χ0) is 13.6. The van der Waals surface area contributed by atoms with Crippen LogP contribution in [0.4, 0.5) is 8.78 Å². The zero-order valence-electron chi connectivity index (χ0n) is 9.79. The largest absolute Gasteiger partial charge is 0.334 e. The Labute approximate surface area is 116 Å². The van der Waals surface area contributed by atoms with Gasteiger partial charge in [0.1, 0.15) is 17.2 Å². The molecule has 2 aromatic rings. The Kier molecular flexibility index (Phi) is 2.90. The maximum Gasteiger partial charge on any atom is 0.263 e. The lowest BCUT2D eigenvalue weighted by Gasteiger charge is -2.34. The second kappa shape index (κ2) is 4.35. The minimum absolute atomic E-state index is 0.186. The molecule has 1 aromatic heterocycles. The van der Waals surface area contributed by atoms with Crippen molar-refractivity contribution in [3.8, 4) is 11.5 Å². The molecule has 1 aliphatic carbocycles. The van der Waals surface area contributed by atoms with Gasteiger partial charge in [-0.25, -0.2) is 8.78 Å². The van der Waals surface area contributed by atoms with Crippen molar-refractivity contribution >= 4 is 15.9 Å². The van der Waals surface area contributed by atoms with Crippen LogP contribution in [0.15, 0.2) is 21.1 Å². The summed E-state index contributed by atoms with van der Waals surface area (Å²) in [5.74, 6) is -1.41. The van der Waals surface area contributed by atoms with Gasteiger partial charge >= 0.3 is 0 Å². The molecular weight excluding hydrogens is 320 g/mol. The molecule has 0 spiro atoms. The maximum atomic E-state index is 13.8. The highest BCUT2D eigenvalue weighted by atomic mass is 79.9. The Morgan fingerprint density at radius 1 is 1.26 bits per heavy atom. The maximum absolute atomic E-state index is 13.8. The summed E-state index contributed by atoms with van der Waals surface area (Å²) in [7, 11) is 0. The van der Waals surface area contributed by atoms with Crippen LogP contribution in [0.1, 0.15) is 25.1 Å². The molecule has 19 heavy (non-hydrogen) atoms. The first-order chi connectivity index (χ1) is 8.99. The van der Waals surface area contributed by atoms with Gasteiger partial charge in [-0.15, -0.1) is 0 Å². The molecule has 1 fully saturated rings. The minimum Gasteiger partial charge on any atom is -0.334 e. The molecule has 0 aliphatic heterocycles. The molecule has 7 heteroatoms. The predicted octanol–water partition coefficient (Wildman–Crippen LogP) is 3.12. The van der Waals surface area contributed by atoms with Gasteiger partial charge in [0, 0.05) is 4.47 Å². The Bertz CT molecular complexity index is 617. The van der Waals surface area contributed by atoms with Crippen molar-refractivity contribution in [2.75, 3.05) is 0 Å².